The van der Waals surface area contributed by atoms with E-state index in [1.165, 1.54) is 32.1 Å². The minimum Gasteiger partial charge on any atom is -0.492 e. The van der Waals surface area contributed by atoms with Crippen molar-refractivity contribution in [2.75, 3.05) is 20.2 Å². The van der Waals surface area contributed by atoms with Gasteiger partial charge in [-0.2, -0.15) is 0 Å². The Morgan fingerprint density at radius 2 is 1.75 bits per heavy atom. The van der Waals surface area contributed by atoms with Crippen LogP contribution in [0.4, 0.5) is 0 Å². The van der Waals surface area contributed by atoms with E-state index in [9.17, 15) is 0 Å². The molecule has 3 rings (SSSR count). The van der Waals surface area contributed by atoms with E-state index >= 15 is 0 Å². The first kappa shape index (κ1) is 17.1. The monoisotopic (exact) mass is 327 g/mol. The highest BCUT2D eigenvalue weighted by Gasteiger charge is 2.17. The summed E-state index contributed by atoms with van der Waals surface area (Å²) >= 11 is 0. The first-order valence-corrected chi connectivity index (χ1v) is 9.24. The second kappa shape index (κ2) is 8.93. The summed E-state index contributed by atoms with van der Waals surface area (Å²) in [6, 6.07) is 8.73. The first-order chi connectivity index (χ1) is 11.8. The maximum absolute atomic E-state index is 5.93. The molecule has 1 fully saturated rings. The first-order valence-electron chi connectivity index (χ1n) is 9.24. The summed E-state index contributed by atoms with van der Waals surface area (Å²) in [6.45, 7) is 1.73. The molecule has 2 aliphatic rings. The SMILES string of the molecule is CN(CCOc1ccc(OC2C=CC=CC2)cc1)C1CCCCC1. The van der Waals surface area contributed by atoms with Crippen molar-refractivity contribution in [2.24, 2.45) is 0 Å². The molecule has 1 aromatic rings. The number of hydrogen-bond acceptors (Lipinski definition) is 3. The van der Waals surface area contributed by atoms with E-state index in [1.54, 1.807) is 0 Å². The van der Waals surface area contributed by atoms with Gasteiger partial charge in [-0.25, -0.2) is 0 Å². The van der Waals surface area contributed by atoms with Gasteiger partial charge in [-0.1, -0.05) is 37.5 Å². The fourth-order valence-corrected chi connectivity index (χ4v) is 3.45. The van der Waals surface area contributed by atoms with Crippen LogP contribution < -0.4 is 9.47 Å². The van der Waals surface area contributed by atoms with E-state index in [4.69, 9.17) is 9.47 Å². The Kier molecular flexibility index (Phi) is 6.36. The second-order valence-electron chi connectivity index (χ2n) is 6.80. The van der Waals surface area contributed by atoms with Gasteiger partial charge in [0.1, 0.15) is 24.2 Å². The molecule has 1 aromatic carbocycles. The highest BCUT2D eigenvalue weighted by Crippen LogP contribution is 2.22. The van der Waals surface area contributed by atoms with E-state index in [1.807, 2.05) is 30.3 Å². The molecule has 1 unspecified atom stereocenters. The van der Waals surface area contributed by atoms with Crippen LogP contribution in [0.25, 0.3) is 0 Å². The summed E-state index contributed by atoms with van der Waals surface area (Å²) in [7, 11) is 2.22. The number of nitrogens with zero attached hydrogens (tertiary/aromatic N) is 1. The van der Waals surface area contributed by atoms with E-state index in [2.05, 4.69) is 30.2 Å². The van der Waals surface area contributed by atoms with Crippen molar-refractivity contribution in [2.45, 2.75) is 50.7 Å². The highest BCUT2D eigenvalue weighted by atomic mass is 16.5. The molecule has 0 aliphatic heterocycles. The summed E-state index contributed by atoms with van der Waals surface area (Å²) in [6.07, 6.45) is 16.2. The Hall–Kier alpha value is -1.74. The van der Waals surface area contributed by atoms with Crippen LogP contribution in [0.2, 0.25) is 0 Å². The van der Waals surface area contributed by atoms with Crippen molar-refractivity contribution in [1.29, 1.82) is 0 Å². The standard InChI is InChI=1S/C21H29NO2/c1-22(18-8-4-2-5-9-18)16-17-23-19-12-14-21(15-13-19)24-20-10-6-3-7-11-20/h3,6-7,10,12-15,18,20H,2,4-5,8-9,11,16-17H2,1H3. The fraction of sp³-hybridized carbons (Fsp3) is 0.524. The van der Waals surface area contributed by atoms with Crippen LogP contribution in [0, 0.1) is 0 Å². The zero-order chi connectivity index (χ0) is 16.6. The molecule has 0 N–H and O–H groups in total. The summed E-state index contributed by atoms with van der Waals surface area (Å²) in [4.78, 5) is 2.46. The van der Waals surface area contributed by atoms with Crippen LogP contribution in [0.5, 0.6) is 11.5 Å². The lowest BCUT2D eigenvalue weighted by atomic mass is 9.94. The third-order valence-electron chi connectivity index (χ3n) is 4.96. The minimum atomic E-state index is 0.144. The average molecular weight is 327 g/mol. The third kappa shape index (κ3) is 5.13. The maximum atomic E-state index is 5.93. The second-order valence-corrected chi connectivity index (χ2v) is 6.80. The van der Waals surface area contributed by atoms with Gasteiger partial charge in [-0.05, 0) is 50.2 Å². The summed E-state index contributed by atoms with van der Waals surface area (Å²) < 4.78 is 11.8. The van der Waals surface area contributed by atoms with Gasteiger partial charge in [0.05, 0.1) is 0 Å². The van der Waals surface area contributed by atoms with Crippen molar-refractivity contribution in [1.82, 2.24) is 4.90 Å². The van der Waals surface area contributed by atoms with Gasteiger partial charge < -0.3 is 14.4 Å². The number of hydrogen-bond donors (Lipinski definition) is 0. The number of allylic oxidation sites excluding steroid dienone is 2. The Balaban J connectivity index is 1.39. The lowest BCUT2D eigenvalue weighted by Crippen LogP contribution is -2.36. The van der Waals surface area contributed by atoms with Gasteiger partial charge in [-0.15, -0.1) is 0 Å². The zero-order valence-corrected chi connectivity index (χ0v) is 14.7. The van der Waals surface area contributed by atoms with Crippen molar-refractivity contribution in [3.05, 3.63) is 48.6 Å². The quantitative estimate of drug-likeness (QED) is 0.731. The molecule has 0 aromatic heterocycles. The molecule has 3 nitrogen and oxygen atoms in total. The van der Waals surface area contributed by atoms with Crippen molar-refractivity contribution in [3.8, 4) is 11.5 Å². The van der Waals surface area contributed by atoms with Gasteiger partial charge in [0, 0.05) is 19.0 Å². The predicted octanol–water partition coefficient (Wildman–Crippen LogP) is 4.59. The third-order valence-corrected chi connectivity index (χ3v) is 4.96. The number of likely N-dealkylation sites (N-methyl/N-ethyl adjacent to an activating group) is 1. The van der Waals surface area contributed by atoms with Crippen LogP contribution in [0.15, 0.2) is 48.6 Å². The summed E-state index contributed by atoms with van der Waals surface area (Å²) in [5, 5.41) is 0. The molecule has 1 atom stereocenters. The number of rotatable bonds is 7. The minimum absolute atomic E-state index is 0.144. The van der Waals surface area contributed by atoms with Crippen LogP contribution in [-0.4, -0.2) is 37.2 Å². The molecule has 2 aliphatic carbocycles. The van der Waals surface area contributed by atoms with Crippen LogP contribution in [0.3, 0.4) is 0 Å². The van der Waals surface area contributed by atoms with Gasteiger partial charge in [-0.3, -0.25) is 0 Å². The van der Waals surface area contributed by atoms with Crippen LogP contribution >= 0.6 is 0 Å². The lowest BCUT2D eigenvalue weighted by molar-refractivity contribution is 0.160. The molecule has 0 saturated heterocycles. The molecule has 0 bridgehead atoms. The highest BCUT2D eigenvalue weighted by molar-refractivity contribution is 5.32. The molecule has 0 radical (unpaired) electrons. The number of ether oxygens (including phenoxy) is 2. The van der Waals surface area contributed by atoms with Crippen molar-refractivity contribution >= 4 is 0 Å². The lowest BCUT2D eigenvalue weighted by Gasteiger charge is -2.31. The molecule has 0 heterocycles. The summed E-state index contributed by atoms with van der Waals surface area (Å²) in [5.41, 5.74) is 0. The molecule has 24 heavy (non-hydrogen) atoms. The van der Waals surface area contributed by atoms with Crippen molar-refractivity contribution in [3.63, 3.8) is 0 Å². The predicted molar refractivity (Wildman–Crippen MR) is 98.8 cm³/mol. The van der Waals surface area contributed by atoms with Crippen LogP contribution in [0.1, 0.15) is 38.5 Å². The summed E-state index contributed by atoms with van der Waals surface area (Å²) in [5.74, 6) is 1.81. The average Bonchev–Trinajstić information content (AvgIpc) is 2.65. The molecular formula is C21H29NO2. The largest absolute Gasteiger partial charge is 0.492 e. The Bertz CT molecular complexity index is 543. The maximum Gasteiger partial charge on any atom is 0.121 e. The molecule has 0 amide bonds. The topological polar surface area (TPSA) is 21.7 Å². The normalized spacial score (nSPS) is 21.2. The van der Waals surface area contributed by atoms with Gasteiger partial charge in [0.2, 0.25) is 0 Å². The van der Waals surface area contributed by atoms with Gasteiger partial charge in [0.25, 0.3) is 0 Å². The molecular weight excluding hydrogens is 298 g/mol. The van der Waals surface area contributed by atoms with E-state index in [0.29, 0.717) is 0 Å². The number of benzene rings is 1. The smallest absolute Gasteiger partial charge is 0.121 e. The van der Waals surface area contributed by atoms with Crippen LogP contribution in [-0.2, 0) is 0 Å². The molecule has 3 heteroatoms. The Labute approximate surface area is 146 Å². The van der Waals surface area contributed by atoms with E-state index in [-0.39, 0.29) is 6.10 Å². The molecule has 1 saturated carbocycles. The van der Waals surface area contributed by atoms with E-state index in [0.717, 1.165) is 37.1 Å². The molecule has 0 spiro atoms. The zero-order valence-electron chi connectivity index (χ0n) is 14.7. The van der Waals surface area contributed by atoms with Crippen molar-refractivity contribution < 1.29 is 9.47 Å². The van der Waals surface area contributed by atoms with Gasteiger partial charge in [0.15, 0.2) is 0 Å². The Morgan fingerprint density at radius 1 is 1.00 bits per heavy atom. The van der Waals surface area contributed by atoms with E-state index < -0.39 is 0 Å². The Morgan fingerprint density at radius 3 is 2.46 bits per heavy atom. The fourth-order valence-electron chi connectivity index (χ4n) is 3.45. The van der Waals surface area contributed by atoms with Gasteiger partial charge >= 0.3 is 0 Å². The molecule has 130 valence electrons.